The summed E-state index contributed by atoms with van der Waals surface area (Å²) in [6.07, 6.45) is -4.53. The SMILES string of the molecule is CNC(=O)N(C)c1nnc(C(C)(C)C)s1.CNC(=O)N(C)c1nnc(C(F)(F)F)s1. The molecule has 2 heterocycles. The van der Waals surface area contributed by atoms with Gasteiger partial charge in [0.15, 0.2) is 0 Å². The van der Waals surface area contributed by atoms with Crippen LogP contribution in [0.4, 0.5) is 33.0 Å². The molecule has 0 atom stereocenters. The highest BCUT2D eigenvalue weighted by atomic mass is 32.1. The second-order valence-corrected chi connectivity index (χ2v) is 8.67. The number of aromatic nitrogens is 4. The predicted octanol–water partition coefficient (Wildman–Crippen LogP) is 2.94. The van der Waals surface area contributed by atoms with Crippen LogP contribution in [-0.4, -0.2) is 60.6 Å². The smallest absolute Gasteiger partial charge is 0.341 e. The summed E-state index contributed by atoms with van der Waals surface area (Å²) in [6.45, 7) is 6.20. The number of hydrogen-bond acceptors (Lipinski definition) is 8. The van der Waals surface area contributed by atoms with Gasteiger partial charge in [-0.3, -0.25) is 9.80 Å². The summed E-state index contributed by atoms with van der Waals surface area (Å²) < 4.78 is 36.4. The minimum atomic E-state index is -4.53. The highest BCUT2D eigenvalue weighted by Gasteiger charge is 2.36. The zero-order chi connectivity index (χ0) is 23.3. The third-order valence-corrected chi connectivity index (χ3v) is 5.79. The van der Waals surface area contributed by atoms with Crippen LogP contribution >= 0.6 is 22.7 Å². The van der Waals surface area contributed by atoms with Gasteiger partial charge in [0, 0.05) is 33.6 Å². The molecule has 0 aliphatic rings. The number of carbonyl (C=O) groups excluding carboxylic acids is 2. The topological polar surface area (TPSA) is 116 Å². The van der Waals surface area contributed by atoms with Crippen LogP contribution in [0.3, 0.4) is 0 Å². The van der Waals surface area contributed by atoms with E-state index in [9.17, 15) is 22.8 Å². The van der Waals surface area contributed by atoms with Gasteiger partial charge in [0.2, 0.25) is 15.3 Å². The lowest BCUT2D eigenvalue weighted by Crippen LogP contribution is -2.34. The van der Waals surface area contributed by atoms with Crippen LogP contribution in [-0.2, 0) is 11.6 Å². The predicted molar refractivity (Wildman–Crippen MR) is 109 cm³/mol. The van der Waals surface area contributed by atoms with Crippen molar-refractivity contribution in [2.45, 2.75) is 32.4 Å². The fourth-order valence-corrected chi connectivity index (χ4v) is 3.16. The molecule has 168 valence electrons. The maximum Gasteiger partial charge on any atom is 0.445 e. The summed E-state index contributed by atoms with van der Waals surface area (Å²) in [4.78, 5) is 24.8. The highest BCUT2D eigenvalue weighted by molar-refractivity contribution is 7.15. The fraction of sp³-hybridized carbons (Fsp3) is 0.600. The van der Waals surface area contributed by atoms with Gasteiger partial charge in [-0.05, 0) is 0 Å². The van der Waals surface area contributed by atoms with Gasteiger partial charge in [0.1, 0.15) is 5.01 Å². The Balaban J connectivity index is 0.000000300. The molecule has 0 aliphatic carbocycles. The van der Waals surface area contributed by atoms with E-state index in [0.29, 0.717) is 16.5 Å². The number of urea groups is 2. The molecule has 0 aliphatic heterocycles. The molecule has 2 rings (SSSR count). The molecule has 30 heavy (non-hydrogen) atoms. The largest absolute Gasteiger partial charge is 0.445 e. The lowest BCUT2D eigenvalue weighted by atomic mass is 9.98. The highest BCUT2D eigenvalue weighted by Crippen LogP contribution is 2.34. The number of nitrogens with one attached hydrogen (secondary N) is 2. The van der Waals surface area contributed by atoms with Crippen molar-refractivity contribution in [3.05, 3.63) is 10.0 Å². The molecular weight excluding hydrogens is 445 g/mol. The van der Waals surface area contributed by atoms with Gasteiger partial charge >= 0.3 is 18.2 Å². The zero-order valence-corrected chi connectivity index (χ0v) is 19.1. The lowest BCUT2D eigenvalue weighted by molar-refractivity contribution is -0.138. The number of halogens is 3. The van der Waals surface area contributed by atoms with Crippen molar-refractivity contribution in [3.8, 4) is 0 Å². The van der Waals surface area contributed by atoms with E-state index >= 15 is 0 Å². The van der Waals surface area contributed by atoms with E-state index in [1.54, 1.807) is 14.1 Å². The van der Waals surface area contributed by atoms with Crippen LogP contribution in [0.2, 0.25) is 0 Å². The van der Waals surface area contributed by atoms with Crippen LogP contribution in [0.25, 0.3) is 0 Å². The monoisotopic (exact) mass is 468 g/mol. The molecule has 2 aromatic rings. The number of amides is 4. The third kappa shape index (κ3) is 6.76. The number of nitrogens with zero attached hydrogens (tertiary/aromatic N) is 6. The molecule has 15 heteroatoms. The van der Waals surface area contributed by atoms with Gasteiger partial charge in [-0.25, -0.2) is 9.59 Å². The minimum Gasteiger partial charge on any atom is -0.341 e. The van der Waals surface area contributed by atoms with Gasteiger partial charge in [-0.2, -0.15) is 13.2 Å². The van der Waals surface area contributed by atoms with Crippen molar-refractivity contribution in [3.63, 3.8) is 0 Å². The van der Waals surface area contributed by atoms with E-state index in [2.05, 4.69) is 51.8 Å². The molecule has 0 aromatic carbocycles. The molecule has 4 amide bonds. The van der Waals surface area contributed by atoms with Gasteiger partial charge < -0.3 is 10.6 Å². The first-order valence-electron chi connectivity index (χ1n) is 8.37. The summed E-state index contributed by atoms with van der Waals surface area (Å²) >= 11 is 1.74. The molecule has 0 bridgehead atoms. The van der Waals surface area contributed by atoms with Crippen LogP contribution in [0.15, 0.2) is 0 Å². The summed E-state index contributed by atoms with van der Waals surface area (Å²) in [5.74, 6) is 0. The van der Waals surface area contributed by atoms with Gasteiger partial charge in [-0.1, -0.05) is 43.4 Å². The average Bonchev–Trinajstić information content (AvgIpc) is 3.35. The van der Waals surface area contributed by atoms with E-state index in [0.717, 1.165) is 9.91 Å². The Morgan fingerprint density at radius 1 is 0.800 bits per heavy atom. The Kier molecular flexibility index (Phi) is 8.47. The van der Waals surface area contributed by atoms with E-state index in [1.165, 1.54) is 30.3 Å². The Morgan fingerprint density at radius 2 is 1.17 bits per heavy atom. The first-order chi connectivity index (χ1) is 13.7. The number of carbonyl (C=O) groups is 2. The first-order valence-corrected chi connectivity index (χ1v) is 10.0. The molecule has 0 fully saturated rings. The second kappa shape index (κ2) is 9.97. The van der Waals surface area contributed by atoms with Crippen molar-refractivity contribution in [2.24, 2.45) is 0 Å². The summed E-state index contributed by atoms with van der Waals surface area (Å²) in [6, 6.07) is -0.744. The first kappa shape index (κ1) is 25.5. The third-order valence-electron chi connectivity index (χ3n) is 3.32. The van der Waals surface area contributed by atoms with E-state index in [4.69, 9.17) is 0 Å². The molecule has 0 radical (unpaired) electrons. The van der Waals surface area contributed by atoms with Crippen LogP contribution < -0.4 is 20.4 Å². The molecule has 0 saturated carbocycles. The molecule has 0 unspecified atom stereocenters. The summed E-state index contributed by atoms with van der Waals surface area (Å²) in [5, 5.41) is 19.4. The summed E-state index contributed by atoms with van der Waals surface area (Å²) in [5.41, 5.74) is -0.0283. The van der Waals surface area contributed by atoms with Crippen molar-refractivity contribution >= 4 is 45.0 Å². The normalized spacial score (nSPS) is 11.3. The number of rotatable bonds is 2. The van der Waals surface area contributed by atoms with Crippen molar-refractivity contribution in [1.82, 2.24) is 31.0 Å². The van der Waals surface area contributed by atoms with E-state index in [-0.39, 0.29) is 16.6 Å². The molecule has 0 saturated heterocycles. The average molecular weight is 469 g/mol. The quantitative estimate of drug-likeness (QED) is 0.700. The Bertz CT molecular complexity index is 792. The van der Waals surface area contributed by atoms with E-state index in [1.807, 2.05) is 0 Å². The van der Waals surface area contributed by atoms with Crippen LogP contribution in [0.5, 0.6) is 0 Å². The van der Waals surface area contributed by atoms with Crippen molar-refractivity contribution in [2.75, 3.05) is 38.0 Å². The number of hydrogen-bond donors (Lipinski definition) is 2. The molecule has 2 aromatic heterocycles. The minimum absolute atomic E-state index is 0.0283. The van der Waals surface area contributed by atoms with E-state index < -0.39 is 17.2 Å². The van der Waals surface area contributed by atoms with Gasteiger partial charge in [0.25, 0.3) is 0 Å². The van der Waals surface area contributed by atoms with Gasteiger partial charge in [0.05, 0.1) is 0 Å². The lowest BCUT2D eigenvalue weighted by Gasteiger charge is -2.13. The summed E-state index contributed by atoms with van der Waals surface area (Å²) in [7, 11) is 5.93. The van der Waals surface area contributed by atoms with Gasteiger partial charge in [-0.15, -0.1) is 20.4 Å². The standard InChI is InChI=1S/C9H16N4OS.C6H7F3N4OS/c1-9(2,3)6-11-12-8(15-6)13(5)7(14)10-4;1-10-4(14)13(2)5-12-11-3(15-5)6(7,8)9/h1-5H3,(H,10,14);1-2H3,(H,10,14). The molecular formula is C15H23F3N8O2S2. The Labute approximate surface area is 179 Å². The maximum absolute atomic E-state index is 12.1. The van der Waals surface area contributed by atoms with Crippen molar-refractivity contribution in [1.29, 1.82) is 0 Å². The Hall–Kier alpha value is -2.55. The molecule has 0 spiro atoms. The molecule has 2 N–H and O–H groups in total. The Morgan fingerprint density at radius 3 is 1.43 bits per heavy atom. The number of alkyl halides is 3. The number of anilines is 2. The van der Waals surface area contributed by atoms with Crippen molar-refractivity contribution < 1.29 is 22.8 Å². The van der Waals surface area contributed by atoms with Crippen LogP contribution in [0.1, 0.15) is 30.8 Å². The zero-order valence-electron chi connectivity index (χ0n) is 17.5. The maximum atomic E-state index is 12.1. The van der Waals surface area contributed by atoms with Crippen LogP contribution in [0, 0.1) is 0 Å². The molecule has 10 nitrogen and oxygen atoms in total. The fourth-order valence-electron chi connectivity index (χ4n) is 1.63. The second-order valence-electron chi connectivity index (χ2n) is 6.76.